The Morgan fingerprint density at radius 1 is 1.44 bits per heavy atom. The average Bonchev–Trinajstić information content (AvgIpc) is 2.31. The van der Waals surface area contributed by atoms with Gasteiger partial charge in [0, 0.05) is 19.2 Å². The number of methoxy groups -OCH3 is 1. The topological polar surface area (TPSA) is 58.6 Å². The van der Waals surface area contributed by atoms with Crippen LogP contribution in [0.3, 0.4) is 0 Å². The smallest absolute Gasteiger partial charge is 0.224 e. The van der Waals surface area contributed by atoms with Crippen molar-refractivity contribution >= 4 is 5.91 Å². The third-order valence-electron chi connectivity index (χ3n) is 3.65. The Labute approximate surface area is 107 Å². The van der Waals surface area contributed by atoms with E-state index in [0.717, 1.165) is 19.3 Å². The van der Waals surface area contributed by atoms with Crippen LogP contribution in [0.4, 0.5) is 0 Å². The van der Waals surface area contributed by atoms with Crippen molar-refractivity contribution in [3.63, 3.8) is 0 Å². The molecule has 98 valence electrons. The molecule has 0 aliphatic heterocycles. The highest BCUT2D eigenvalue weighted by Crippen LogP contribution is 2.34. The van der Waals surface area contributed by atoms with Crippen molar-refractivity contribution in [2.45, 2.75) is 31.3 Å². The lowest BCUT2D eigenvalue weighted by molar-refractivity contribution is -0.124. The third kappa shape index (κ3) is 2.82. The van der Waals surface area contributed by atoms with Gasteiger partial charge in [-0.3, -0.25) is 4.79 Å². The number of aromatic hydroxyl groups is 1. The van der Waals surface area contributed by atoms with Crippen LogP contribution in [-0.2, 0) is 16.0 Å². The predicted molar refractivity (Wildman–Crippen MR) is 68.4 cm³/mol. The van der Waals surface area contributed by atoms with E-state index in [1.165, 1.54) is 0 Å². The van der Waals surface area contributed by atoms with Crippen molar-refractivity contribution in [1.82, 2.24) is 5.32 Å². The number of phenolic OH excluding ortho intramolecular Hbond substituents is 1. The Morgan fingerprint density at radius 2 is 2.17 bits per heavy atom. The molecule has 0 spiro atoms. The normalized spacial score (nSPS) is 16.9. The van der Waals surface area contributed by atoms with Crippen molar-refractivity contribution in [2.24, 2.45) is 0 Å². The first-order chi connectivity index (χ1) is 8.65. The van der Waals surface area contributed by atoms with Gasteiger partial charge in [0.15, 0.2) is 0 Å². The second-order valence-corrected chi connectivity index (χ2v) is 4.82. The molecule has 0 heterocycles. The van der Waals surface area contributed by atoms with Gasteiger partial charge in [0.2, 0.25) is 5.91 Å². The zero-order chi connectivity index (χ0) is 13.0. The van der Waals surface area contributed by atoms with Crippen LogP contribution >= 0.6 is 0 Å². The van der Waals surface area contributed by atoms with Crippen LogP contribution in [0, 0.1) is 0 Å². The molecule has 18 heavy (non-hydrogen) atoms. The number of nitrogens with one attached hydrogen (secondary N) is 1. The van der Waals surface area contributed by atoms with Gasteiger partial charge in [-0.15, -0.1) is 0 Å². The first-order valence-electron chi connectivity index (χ1n) is 6.24. The van der Waals surface area contributed by atoms with Gasteiger partial charge in [-0.2, -0.15) is 0 Å². The summed E-state index contributed by atoms with van der Waals surface area (Å²) in [7, 11) is 1.69. The molecule has 1 amide bonds. The minimum absolute atomic E-state index is 0.0835. The van der Waals surface area contributed by atoms with E-state index >= 15 is 0 Å². The summed E-state index contributed by atoms with van der Waals surface area (Å²) in [6.07, 6.45) is 3.36. The van der Waals surface area contributed by atoms with Gasteiger partial charge in [-0.05, 0) is 25.3 Å². The summed E-state index contributed by atoms with van der Waals surface area (Å²) < 4.78 is 5.43. The molecule has 0 aromatic heterocycles. The lowest BCUT2D eigenvalue weighted by atomic mass is 9.80. The van der Waals surface area contributed by atoms with Crippen LogP contribution in [0.2, 0.25) is 0 Å². The van der Waals surface area contributed by atoms with Crippen molar-refractivity contribution in [1.29, 1.82) is 0 Å². The summed E-state index contributed by atoms with van der Waals surface area (Å²) in [6.45, 7) is 0.552. The molecule has 0 atom stereocenters. The van der Waals surface area contributed by atoms with E-state index in [1.807, 2.05) is 6.07 Å². The van der Waals surface area contributed by atoms with Gasteiger partial charge in [0.05, 0.1) is 12.0 Å². The summed E-state index contributed by atoms with van der Waals surface area (Å²) in [6, 6.07) is 6.89. The molecule has 2 N–H and O–H groups in total. The summed E-state index contributed by atoms with van der Waals surface area (Å²) >= 11 is 0. The maximum atomic E-state index is 11.8. The molecule has 1 aliphatic carbocycles. The third-order valence-corrected chi connectivity index (χ3v) is 3.65. The Hall–Kier alpha value is -1.55. The van der Waals surface area contributed by atoms with E-state index in [0.29, 0.717) is 12.1 Å². The van der Waals surface area contributed by atoms with E-state index in [2.05, 4.69) is 5.32 Å². The number of carbonyl (C=O) groups excluding carboxylic acids is 1. The molecular weight excluding hydrogens is 230 g/mol. The molecule has 1 aliphatic rings. The van der Waals surface area contributed by atoms with Crippen LogP contribution < -0.4 is 5.32 Å². The zero-order valence-corrected chi connectivity index (χ0v) is 10.6. The van der Waals surface area contributed by atoms with Crippen LogP contribution in [-0.4, -0.2) is 30.3 Å². The quantitative estimate of drug-likeness (QED) is 0.833. The minimum Gasteiger partial charge on any atom is -0.508 e. The van der Waals surface area contributed by atoms with Crippen LogP contribution in [0.15, 0.2) is 24.3 Å². The Morgan fingerprint density at radius 3 is 2.72 bits per heavy atom. The molecule has 2 rings (SSSR count). The number of para-hydroxylation sites is 1. The Bertz CT molecular complexity index is 421. The second-order valence-electron chi connectivity index (χ2n) is 4.82. The number of hydrogen-bond acceptors (Lipinski definition) is 3. The fraction of sp³-hybridized carbons (Fsp3) is 0.500. The maximum absolute atomic E-state index is 11.8. The summed E-state index contributed by atoms with van der Waals surface area (Å²) in [5.74, 6) is 0.0811. The number of ether oxygens (including phenoxy) is 1. The SMILES string of the molecule is COC1(CNC(=O)Cc2ccccc2O)CCC1. The highest BCUT2D eigenvalue weighted by atomic mass is 16.5. The van der Waals surface area contributed by atoms with Crippen molar-refractivity contribution in [3.8, 4) is 5.75 Å². The molecule has 1 fully saturated rings. The Balaban J connectivity index is 1.84. The fourth-order valence-electron chi connectivity index (χ4n) is 2.18. The molecule has 4 heteroatoms. The molecule has 0 radical (unpaired) electrons. The van der Waals surface area contributed by atoms with Gasteiger partial charge < -0.3 is 15.2 Å². The lowest BCUT2D eigenvalue weighted by Crippen LogP contribution is -2.49. The minimum atomic E-state index is -0.158. The number of amides is 1. The van der Waals surface area contributed by atoms with E-state index in [4.69, 9.17) is 4.74 Å². The van der Waals surface area contributed by atoms with E-state index < -0.39 is 0 Å². The van der Waals surface area contributed by atoms with E-state index in [9.17, 15) is 9.90 Å². The largest absolute Gasteiger partial charge is 0.508 e. The first kappa shape index (κ1) is 12.9. The lowest BCUT2D eigenvalue weighted by Gasteiger charge is -2.40. The summed E-state index contributed by atoms with van der Waals surface area (Å²) in [5, 5.41) is 12.5. The van der Waals surface area contributed by atoms with Gasteiger partial charge >= 0.3 is 0 Å². The van der Waals surface area contributed by atoms with Gasteiger partial charge in [0.25, 0.3) is 0 Å². The molecule has 0 bridgehead atoms. The maximum Gasteiger partial charge on any atom is 0.224 e. The number of benzene rings is 1. The monoisotopic (exact) mass is 249 g/mol. The van der Waals surface area contributed by atoms with Gasteiger partial charge in [0.1, 0.15) is 5.75 Å². The van der Waals surface area contributed by atoms with Gasteiger partial charge in [-0.1, -0.05) is 18.2 Å². The van der Waals surface area contributed by atoms with E-state index in [1.54, 1.807) is 25.3 Å². The molecule has 0 unspecified atom stereocenters. The van der Waals surface area contributed by atoms with Gasteiger partial charge in [-0.25, -0.2) is 0 Å². The molecule has 1 saturated carbocycles. The van der Waals surface area contributed by atoms with Crippen LogP contribution in [0.5, 0.6) is 5.75 Å². The van der Waals surface area contributed by atoms with Crippen molar-refractivity contribution in [3.05, 3.63) is 29.8 Å². The molecule has 0 saturated heterocycles. The molecule has 1 aromatic rings. The average molecular weight is 249 g/mol. The second kappa shape index (κ2) is 5.40. The van der Waals surface area contributed by atoms with Crippen LogP contribution in [0.1, 0.15) is 24.8 Å². The number of phenols is 1. The van der Waals surface area contributed by atoms with Crippen LogP contribution in [0.25, 0.3) is 0 Å². The zero-order valence-electron chi connectivity index (χ0n) is 10.6. The number of carbonyl (C=O) groups is 1. The van der Waals surface area contributed by atoms with Crippen molar-refractivity contribution < 1.29 is 14.6 Å². The summed E-state index contributed by atoms with van der Waals surface area (Å²) in [4.78, 5) is 11.8. The number of rotatable bonds is 5. The molecular formula is C14H19NO3. The Kier molecular flexibility index (Phi) is 3.87. The fourth-order valence-corrected chi connectivity index (χ4v) is 2.18. The number of hydrogen-bond donors (Lipinski definition) is 2. The summed E-state index contributed by atoms with van der Waals surface area (Å²) in [5.41, 5.74) is 0.490. The standard InChI is InChI=1S/C14H19NO3/c1-18-14(7-4-8-14)10-15-13(17)9-11-5-2-3-6-12(11)16/h2-3,5-6,16H,4,7-10H2,1H3,(H,15,17). The van der Waals surface area contributed by atoms with E-state index in [-0.39, 0.29) is 23.7 Å². The molecule has 4 nitrogen and oxygen atoms in total. The first-order valence-corrected chi connectivity index (χ1v) is 6.24. The molecule has 1 aromatic carbocycles. The predicted octanol–water partition coefficient (Wildman–Crippen LogP) is 1.62. The highest BCUT2D eigenvalue weighted by Gasteiger charge is 2.37. The highest BCUT2D eigenvalue weighted by molar-refractivity contribution is 5.79. The van der Waals surface area contributed by atoms with Crippen molar-refractivity contribution in [2.75, 3.05) is 13.7 Å².